The third-order valence-electron chi connectivity index (χ3n) is 6.75. The van der Waals surface area contributed by atoms with Crippen LogP contribution in [0.3, 0.4) is 0 Å². The van der Waals surface area contributed by atoms with E-state index < -0.39 is 23.6 Å². The van der Waals surface area contributed by atoms with E-state index in [9.17, 15) is 9.59 Å². The van der Waals surface area contributed by atoms with Gasteiger partial charge in [-0.3, -0.25) is 14.6 Å². The zero-order valence-corrected chi connectivity index (χ0v) is 23.8. The topological polar surface area (TPSA) is 99.6 Å². The number of methoxy groups -OCH3 is 2. The van der Waals surface area contributed by atoms with E-state index in [0.717, 1.165) is 42.1 Å². The van der Waals surface area contributed by atoms with Crippen LogP contribution in [0.2, 0.25) is 0 Å². The SMILES string of the molecule is CCCCCCN(Cc1ccnc2ccccc12)C(=Nc1ccc(OC)cc1OC)C1C(=O)OC(C)(C)OC1=O. The predicted octanol–water partition coefficient (Wildman–Crippen LogP) is 5.82. The predicted molar refractivity (Wildman–Crippen MR) is 153 cm³/mol. The Balaban J connectivity index is 1.85. The van der Waals surface area contributed by atoms with Gasteiger partial charge in [0.1, 0.15) is 23.0 Å². The maximum absolute atomic E-state index is 13.4. The number of fused-ring (bicyclic) bond motifs is 1. The van der Waals surface area contributed by atoms with E-state index in [1.807, 2.05) is 35.2 Å². The van der Waals surface area contributed by atoms with Crippen molar-refractivity contribution in [3.05, 3.63) is 60.3 Å². The van der Waals surface area contributed by atoms with E-state index >= 15 is 0 Å². The molecule has 1 saturated heterocycles. The minimum Gasteiger partial charge on any atom is -0.497 e. The molecule has 1 aromatic heterocycles. The summed E-state index contributed by atoms with van der Waals surface area (Å²) in [5, 5.41) is 0.986. The molecule has 0 aliphatic carbocycles. The molecule has 0 amide bonds. The standard InChI is InChI=1S/C31H37N3O6/c1-6-7-8-11-18-34(20-21-16-17-32-24-13-10-9-12-23(21)24)28(27-29(35)39-31(2,3)40-30(27)36)33-25-15-14-22(37-4)19-26(25)38-5/h9-10,12-17,19,27H,6-8,11,18,20H2,1-5H3. The van der Waals surface area contributed by atoms with Gasteiger partial charge >= 0.3 is 11.9 Å². The Kier molecular flexibility index (Phi) is 9.24. The number of unbranched alkanes of at least 4 members (excludes halogenated alkanes) is 3. The van der Waals surface area contributed by atoms with Crippen LogP contribution in [0.25, 0.3) is 10.9 Å². The van der Waals surface area contributed by atoms with E-state index in [1.165, 1.54) is 21.0 Å². The van der Waals surface area contributed by atoms with Crippen molar-refractivity contribution in [2.24, 2.45) is 10.9 Å². The number of pyridine rings is 1. The van der Waals surface area contributed by atoms with Crippen LogP contribution in [0.15, 0.2) is 59.7 Å². The molecule has 0 unspecified atom stereocenters. The van der Waals surface area contributed by atoms with Gasteiger partial charge < -0.3 is 23.8 Å². The van der Waals surface area contributed by atoms with Gasteiger partial charge in [-0.1, -0.05) is 44.4 Å². The third-order valence-corrected chi connectivity index (χ3v) is 6.75. The van der Waals surface area contributed by atoms with Crippen LogP contribution in [0.1, 0.15) is 52.0 Å². The Hall–Kier alpha value is -4.14. The average Bonchev–Trinajstić information content (AvgIpc) is 2.93. The monoisotopic (exact) mass is 547 g/mol. The summed E-state index contributed by atoms with van der Waals surface area (Å²) in [6.07, 6.45) is 5.76. The number of aliphatic imine (C=N–C) groups is 1. The van der Waals surface area contributed by atoms with Crippen molar-refractivity contribution in [1.29, 1.82) is 0 Å². The second kappa shape index (κ2) is 12.8. The Morgan fingerprint density at radius 1 is 1.00 bits per heavy atom. The van der Waals surface area contributed by atoms with Crippen LogP contribution >= 0.6 is 0 Å². The fourth-order valence-electron chi connectivity index (χ4n) is 4.75. The van der Waals surface area contributed by atoms with Gasteiger partial charge in [0, 0.05) is 44.6 Å². The van der Waals surface area contributed by atoms with Gasteiger partial charge in [-0.05, 0) is 36.2 Å². The highest BCUT2D eigenvalue weighted by Gasteiger charge is 2.47. The molecule has 1 aliphatic rings. The first kappa shape index (κ1) is 28.9. The summed E-state index contributed by atoms with van der Waals surface area (Å²) in [5.74, 6) is -2.85. The second-order valence-electron chi connectivity index (χ2n) is 10.2. The fraction of sp³-hybridized carbons (Fsp3) is 0.419. The number of hydrogen-bond donors (Lipinski definition) is 0. The second-order valence-corrected chi connectivity index (χ2v) is 10.2. The molecular weight excluding hydrogens is 510 g/mol. The lowest BCUT2D eigenvalue weighted by Gasteiger charge is -2.36. The summed E-state index contributed by atoms with van der Waals surface area (Å²) in [6.45, 7) is 6.18. The molecule has 0 radical (unpaired) electrons. The number of carbonyl (C=O) groups is 2. The molecule has 2 heterocycles. The molecule has 40 heavy (non-hydrogen) atoms. The number of rotatable bonds is 11. The van der Waals surface area contributed by atoms with Gasteiger partial charge in [0.2, 0.25) is 5.92 Å². The third kappa shape index (κ3) is 6.70. The van der Waals surface area contributed by atoms with Crippen molar-refractivity contribution in [3.8, 4) is 11.5 Å². The molecule has 1 aliphatic heterocycles. The summed E-state index contributed by atoms with van der Waals surface area (Å²) < 4.78 is 22.0. The number of esters is 2. The average molecular weight is 548 g/mol. The van der Waals surface area contributed by atoms with Gasteiger partial charge in [0.25, 0.3) is 5.79 Å². The smallest absolute Gasteiger partial charge is 0.331 e. The highest BCUT2D eigenvalue weighted by Crippen LogP contribution is 2.34. The Labute approximate surface area is 235 Å². The maximum Gasteiger partial charge on any atom is 0.331 e. The van der Waals surface area contributed by atoms with Crippen molar-refractivity contribution >= 4 is 34.4 Å². The number of benzene rings is 2. The summed E-state index contributed by atoms with van der Waals surface area (Å²) in [6, 6.07) is 15.0. The van der Waals surface area contributed by atoms with Crippen LogP contribution in [0, 0.1) is 5.92 Å². The molecular formula is C31H37N3O6. The Bertz CT molecular complexity index is 1360. The summed E-state index contributed by atoms with van der Waals surface area (Å²) in [4.78, 5) is 38.1. The Morgan fingerprint density at radius 3 is 2.45 bits per heavy atom. The van der Waals surface area contributed by atoms with Crippen LogP contribution in [0.4, 0.5) is 5.69 Å². The first-order valence-electron chi connectivity index (χ1n) is 13.6. The molecule has 0 bridgehead atoms. The van der Waals surface area contributed by atoms with Gasteiger partial charge in [-0.15, -0.1) is 0 Å². The van der Waals surface area contributed by atoms with Crippen molar-refractivity contribution in [2.75, 3.05) is 20.8 Å². The maximum atomic E-state index is 13.4. The van der Waals surface area contributed by atoms with Crippen LogP contribution in [-0.2, 0) is 25.6 Å². The van der Waals surface area contributed by atoms with E-state index in [0.29, 0.717) is 30.3 Å². The van der Waals surface area contributed by atoms with Crippen LogP contribution < -0.4 is 9.47 Å². The fourth-order valence-corrected chi connectivity index (χ4v) is 4.75. The van der Waals surface area contributed by atoms with Gasteiger partial charge in [0.05, 0.1) is 19.7 Å². The quantitative estimate of drug-likeness (QED) is 0.0974. The summed E-state index contributed by atoms with van der Waals surface area (Å²) >= 11 is 0. The number of cyclic esters (lactones) is 2. The minimum absolute atomic E-state index is 0.242. The van der Waals surface area contributed by atoms with Crippen LogP contribution in [-0.4, -0.2) is 54.2 Å². The molecule has 9 nitrogen and oxygen atoms in total. The van der Waals surface area contributed by atoms with Gasteiger partial charge in [-0.2, -0.15) is 0 Å². The van der Waals surface area contributed by atoms with E-state index in [2.05, 4.69) is 11.9 Å². The molecule has 0 saturated carbocycles. The molecule has 212 valence electrons. The molecule has 4 rings (SSSR count). The number of hydrogen-bond acceptors (Lipinski definition) is 8. The van der Waals surface area contributed by atoms with Crippen molar-refractivity contribution in [3.63, 3.8) is 0 Å². The molecule has 9 heteroatoms. The van der Waals surface area contributed by atoms with Crippen molar-refractivity contribution in [2.45, 2.75) is 58.8 Å². The number of ether oxygens (including phenoxy) is 4. The number of carbonyl (C=O) groups excluding carboxylic acids is 2. The molecule has 0 atom stereocenters. The summed E-state index contributed by atoms with van der Waals surface area (Å²) in [7, 11) is 3.10. The first-order chi connectivity index (χ1) is 19.3. The highest BCUT2D eigenvalue weighted by atomic mass is 16.7. The van der Waals surface area contributed by atoms with E-state index in [4.69, 9.17) is 23.9 Å². The molecule has 0 N–H and O–H groups in total. The van der Waals surface area contributed by atoms with E-state index in [1.54, 1.807) is 31.5 Å². The number of aromatic nitrogens is 1. The molecule has 1 fully saturated rings. The molecule has 2 aromatic carbocycles. The normalized spacial score (nSPS) is 15.5. The number of nitrogens with zero attached hydrogens (tertiary/aromatic N) is 3. The van der Waals surface area contributed by atoms with E-state index in [-0.39, 0.29) is 5.84 Å². The largest absolute Gasteiger partial charge is 0.497 e. The molecule has 3 aromatic rings. The van der Waals surface area contributed by atoms with Gasteiger partial charge in [0.15, 0.2) is 0 Å². The lowest BCUT2D eigenvalue weighted by Crippen LogP contribution is -2.52. The zero-order valence-electron chi connectivity index (χ0n) is 23.8. The first-order valence-corrected chi connectivity index (χ1v) is 13.6. The minimum atomic E-state index is -1.36. The number of para-hydroxylation sites is 1. The lowest BCUT2D eigenvalue weighted by atomic mass is 10.0. The zero-order chi connectivity index (χ0) is 28.7. The highest BCUT2D eigenvalue weighted by molar-refractivity contribution is 6.17. The van der Waals surface area contributed by atoms with Crippen molar-refractivity contribution in [1.82, 2.24) is 9.88 Å². The van der Waals surface area contributed by atoms with Crippen molar-refractivity contribution < 1.29 is 28.5 Å². The Morgan fingerprint density at radius 2 is 1.75 bits per heavy atom. The molecule has 0 spiro atoms. The number of amidine groups is 1. The van der Waals surface area contributed by atoms with Gasteiger partial charge in [-0.25, -0.2) is 4.99 Å². The van der Waals surface area contributed by atoms with Crippen LogP contribution in [0.5, 0.6) is 11.5 Å². The lowest BCUT2D eigenvalue weighted by molar-refractivity contribution is -0.236. The summed E-state index contributed by atoms with van der Waals surface area (Å²) in [5.41, 5.74) is 2.30.